The minimum atomic E-state index is -4.40. The van der Waals surface area contributed by atoms with Gasteiger partial charge in [-0.3, -0.25) is 9.69 Å². The second kappa shape index (κ2) is 6.37. The molecule has 1 saturated heterocycles. The third kappa shape index (κ3) is 3.72. The minimum Gasteiger partial charge on any atom is -0.392 e. The highest BCUT2D eigenvalue weighted by molar-refractivity contribution is 5.78. The fourth-order valence-corrected chi connectivity index (χ4v) is 3.27. The first-order chi connectivity index (χ1) is 11.3. The molecule has 0 spiro atoms. The molecule has 1 heterocycles. The number of hydrogen-bond donors (Lipinski definition) is 1. The summed E-state index contributed by atoms with van der Waals surface area (Å²) < 4.78 is 38.7. The number of β-amino-alcohol motifs (C(OH)–C–C–N with tert-alkyl or cyclic N) is 1. The summed E-state index contributed by atoms with van der Waals surface area (Å²) in [5.41, 5.74) is -0.217. The fourth-order valence-electron chi connectivity index (χ4n) is 3.27. The van der Waals surface area contributed by atoms with Crippen LogP contribution in [-0.4, -0.2) is 53.1 Å². The Morgan fingerprint density at radius 3 is 2.71 bits per heavy atom. The normalized spacial score (nSPS) is 25.0. The molecular weight excluding hydrogens is 321 g/mol. The topological polar surface area (TPSA) is 43.8 Å². The van der Waals surface area contributed by atoms with Crippen LogP contribution in [0.5, 0.6) is 0 Å². The molecule has 1 saturated carbocycles. The lowest BCUT2D eigenvalue weighted by atomic mass is 10.0. The zero-order valence-electron chi connectivity index (χ0n) is 13.5. The van der Waals surface area contributed by atoms with Crippen LogP contribution in [-0.2, 0) is 11.0 Å². The Morgan fingerprint density at radius 1 is 1.38 bits per heavy atom. The zero-order chi connectivity index (χ0) is 17.5. The van der Waals surface area contributed by atoms with Gasteiger partial charge in [-0.2, -0.15) is 13.2 Å². The van der Waals surface area contributed by atoms with Gasteiger partial charge in [0.15, 0.2) is 0 Å². The summed E-state index contributed by atoms with van der Waals surface area (Å²) >= 11 is 0. The van der Waals surface area contributed by atoms with Crippen LogP contribution in [0.3, 0.4) is 0 Å². The molecule has 0 unspecified atom stereocenters. The van der Waals surface area contributed by atoms with Crippen LogP contribution in [0.15, 0.2) is 24.3 Å². The second-order valence-corrected chi connectivity index (χ2v) is 6.69. The number of hydrogen-bond acceptors (Lipinski definition) is 3. The number of amides is 1. The molecule has 2 atom stereocenters. The number of likely N-dealkylation sites (N-methyl/N-ethyl adjacent to an activating group) is 1. The SMILES string of the molecule is CN(C(=O)CN1C[C@H](O)C[C@H]1c1cccc(C(F)(F)F)c1)C1CC1. The molecule has 0 aromatic heterocycles. The van der Waals surface area contributed by atoms with E-state index in [1.165, 1.54) is 6.07 Å². The highest BCUT2D eigenvalue weighted by atomic mass is 19.4. The largest absolute Gasteiger partial charge is 0.416 e. The zero-order valence-corrected chi connectivity index (χ0v) is 13.5. The van der Waals surface area contributed by atoms with Gasteiger partial charge >= 0.3 is 6.18 Å². The molecule has 7 heteroatoms. The lowest BCUT2D eigenvalue weighted by Crippen LogP contribution is -2.39. The van der Waals surface area contributed by atoms with Crippen molar-refractivity contribution in [3.05, 3.63) is 35.4 Å². The van der Waals surface area contributed by atoms with E-state index in [1.54, 1.807) is 22.9 Å². The minimum absolute atomic E-state index is 0.0522. The van der Waals surface area contributed by atoms with E-state index in [9.17, 15) is 23.1 Å². The van der Waals surface area contributed by atoms with Gasteiger partial charge in [0.05, 0.1) is 18.2 Å². The quantitative estimate of drug-likeness (QED) is 0.914. The molecule has 1 aliphatic carbocycles. The van der Waals surface area contributed by atoms with Crippen molar-refractivity contribution >= 4 is 5.91 Å². The van der Waals surface area contributed by atoms with Crippen molar-refractivity contribution in [2.45, 2.75) is 43.6 Å². The van der Waals surface area contributed by atoms with E-state index >= 15 is 0 Å². The summed E-state index contributed by atoms with van der Waals surface area (Å²) in [5.74, 6) is -0.0522. The first kappa shape index (κ1) is 17.2. The Morgan fingerprint density at radius 2 is 2.08 bits per heavy atom. The van der Waals surface area contributed by atoms with E-state index in [0.29, 0.717) is 18.5 Å². The highest BCUT2D eigenvalue weighted by Crippen LogP contribution is 2.36. The molecule has 0 bridgehead atoms. The number of nitrogens with zero attached hydrogens (tertiary/aromatic N) is 2. The van der Waals surface area contributed by atoms with Crippen LogP contribution in [0.2, 0.25) is 0 Å². The van der Waals surface area contributed by atoms with Crippen LogP contribution in [0.1, 0.15) is 36.4 Å². The summed E-state index contributed by atoms with van der Waals surface area (Å²) in [5, 5.41) is 9.94. The molecule has 1 aliphatic heterocycles. The Hall–Kier alpha value is -1.60. The number of aliphatic hydroxyl groups is 1. The Bertz CT molecular complexity index is 616. The average molecular weight is 342 g/mol. The summed E-state index contributed by atoms with van der Waals surface area (Å²) in [4.78, 5) is 15.8. The summed E-state index contributed by atoms with van der Waals surface area (Å²) in [6.07, 6.45) is -2.70. The van der Waals surface area contributed by atoms with Crippen LogP contribution in [0, 0.1) is 0 Å². The maximum absolute atomic E-state index is 12.9. The average Bonchev–Trinajstić information content (AvgIpc) is 3.30. The van der Waals surface area contributed by atoms with Gasteiger partial charge in [-0.1, -0.05) is 12.1 Å². The standard InChI is InChI=1S/C17H21F3N2O2/c1-21(13-5-6-13)16(24)10-22-9-14(23)8-15(22)11-3-2-4-12(7-11)17(18,19)20/h2-4,7,13-15,23H,5-6,8-10H2,1H3/t14-,15+/m1/s1. The molecule has 24 heavy (non-hydrogen) atoms. The van der Waals surface area contributed by atoms with Crippen molar-refractivity contribution in [1.29, 1.82) is 0 Å². The molecule has 2 aliphatic rings. The van der Waals surface area contributed by atoms with Crippen LogP contribution in [0.4, 0.5) is 13.2 Å². The van der Waals surface area contributed by atoms with Crippen LogP contribution in [0.25, 0.3) is 0 Å². The maximum Gasteiger partial charge on any atom is 0.416 e. The summed E-state index contributed by atoms with van der Waals surface area (Å²) in [7, 11) is 1.76. The molecule has 1 aromatic rings. The third-order valence-electron chi connectivity index (χ3n) is 4.81. The third-order valence-corrected chi connectivity index (χ3v) is 4.81. The van der Waals surface area contributed by atoms with Crippen LogP contribution < -0.4 is 0 Å². The van der Waals surface area contributed by atoms with E-state index in [1.807, 2.05) is 0 Å². The van der Waals surface area contributed by atoms with Gasteiger partial charge in [0.1, 0.15) is 0 Å². The van der Waals surface area contributed by atoms with E-state index in [0.717, 1.165) is 25.0 Å². The van der Waals surface area contributed by atoms with Gasteiger partial charge in [0.2, 0.25) is 5.91 Å². The lowest BCUT2D eigenvalue weighted by Gasteiger charge is -2.27. The summed E-state index contributed by atoms with van der Waals surface area (Å²) in [6, 6.07) is 5.06. The van der Waals surface area contributed by atoms with Crippen LogP contribution >= 0.6 is 0 Å². The van der Waals surface area contributed by atoms with Gasteiger partial charge < -0.3 is 10.0 Å². The molecule has 1 aromatic carbocycles. The lowest BCUT2D eigenvalue weighted by molar-refractivity contribution is -0.137. The second-order valence-electron chi connectivity index (χ2n) is 6.69. The van der Waals surface area contributed by atoms with E-state index in [2.05, 4.69) is 0 Å². The van der Waals surface area contributed by atoms with Crippen molar-refractivity contribution in [3.63, 3.8) is 0 Å². The number of benzene rings is 1. The first-order valence-electron chi connectivity index (χ1n) is 8.10. The van der Waals surface area contributed by atoms with Gasteiger partial charge in [-0.25, -0.2) is 0 Å². The smallest absolute Gasteiger partial charge is 0.392 e. The molecule has 3 rings (SSSR count). The predicted octanol–water partition coefficient (Wildman–Crippen LogP) is 2.43. The number of carbonyl (C=O) groups excluding carboxylic acids is 1. The number of halogens is 3. The van der Waals surface area contributed by atoms with Gasteiger partial charge in [-0.15, -0.1) is 0 Å². The number of likely N-dealkylation sites (tertiary alicyclic amines) is 1. The van der Waals surface area contributed by atoms with Crippen molar-refractivity contribution in [3.8, 4) is 0 Å². The number of carbonyl (C=O) groups is 1. The fraction of sp³-hybridized carbons (Fsp3) is 0.588. The Balaban J connectivity index is 1.76. The predicted molar refractivity (Wildman–Crippen MR) is 82.2 cm³/mol. The van der Waals surface area contributed by atoms with Crippen molar-refractivity contribution in [2.24, 2.45) is 0 Å². The molecule has 1 N–H and O–H groups in total. The van der Waals surface area contributed by atoms with Gasteiger partial charge in [-0.05, 0) is 37.0 Å². The summed E-state index contributed by atoms with van der Waals surface area (Å²) in [6.45, 7) is 0.413. The number of alkyl halides is 3. The Kier molecular flexibility index (Phi) is 4.57. The number of rotatable bonds is 4. The van der Waals surface area contributed by atoms with Crippen molar-refractivity contribution in [1.82, 2.24) is 9.80 Å². The molecule has 132 valence electrons. The monoisotopic (exact) mass is 342 g/mol. The molecule has 2 fully saturated rings. The van der Waals surface area contributed by atoms with Gasteiger partial charge in [0.25, 0.3) is 0 Å². The van der Waals surface area contributed by atoms with E-state index < -0.39 is 17.8 Å². The molecule has 4 nitrogen and oxygen atoms in total. The first-order valence-corrected chi connectivity index (χ1v) is 8.10. The Labute approximate surface area is 138 Å². The number of aliphatic hydroxyl groups excluding tert-OH is 1. The molecule has 1 amide bonds. The van der Waals surface area contributed by atoms with Gasteiger partial charge in [0, 0.05) is 25.7 Å². The maximum atomic E-state index is 12.9. The van der Waals surface area contributed by atoms with E-state index in [-0.39, 0.29) is 24.5 Å². The highest BCUT2D eigenvalue weighted by Gasteiger charge is 2.37. The van der Waals surface area contributed by atoms with Crippen molar-refractivity contribution < 1.29 is 23.1 Å². The van der Waals surface area contributed by atoms with Crippen molar-refractivity contribution in [2.75, 3.05) is 20.1 Å². The van der Waals surface area contributed by atoms with E-state index in [4.69, 9.17) is 0 Å². The molecule has 0 radical (unpaired) electrons. The molecular formula is C17H21F3N2O2.